The Hall–Kier alpha value is -0.790. The lowest BCUT2D eigenvalue weighted by atomic mass is 10.0. The number of unbranched alkanes of at least 4 members (excludes halogenated alkanes) is 42. The van der Waals surface area contributed by atoms with E-state index in [-0.39, 0.29) is 5.97 Å². The zero-order chi connectivity index (χ0) is 41.2. The molecule has 0 aliphatic rings. The first-order valence-electron chi connectivity index (χ1n) is 27.0. The number of carbonyl (C=O) groups excluding carboxylic acids is 1. The van der Waals surface area contributed by atoms with E-state index < -0.39 is 0 Å². The molecule has 0 bridgehead atoms. The Kier molecular flexibility index (Phi) is 50.6. The molecule has 2 nitrogen and oxygen atoms in total. The van der Waals surface area contributed by atoms with Crippen molar-refractivity contribution < 1.29 is 9.53 Å². The van der Waals surface area contributed by atoms with E-state index in [1.165, 1.54) is 276 Å². The Balaban J connectivity index is 3.14. The van der Waals surface area contributed by atoms with Gasteiger partial charge in [-0.1, -0.05) is 290 Å². The van der Waals surface area contributed by atoms with Crippen molar-refractivity contribution in [3.63, 3.8) is 0 Å². The van der Waals surface area contributed by atoms with Crippen molar-refractivity contribution in [1.82, 2.24) is 0 Å². The van der Waals surface area contributed by atoms with Gasteiger partial charge in [0.25, 0.3) is 0 Å². The maximum absolute atomic E-state index is 12.0. The zero-order valence-corrected chi connectivity index (χ0v) is 40.0. The van der Waals surface area contributed by atoms with Crippen LogP contribution in [0.5, 0.6) is 0 Å². The van der Waals surface area contributed by atoms with Crippen LogP contribution in [-0.2, 0) is 9.53 Å². The topological polar surface area (TPSA) is 26.3 Å². The monoisotopic (exact) mass is 801 g/mol. The van der Waals surface area contributed by atoms with Gasteiger partial charge in [0, 0.05) is 6.42 Å². The number of carbonyl (C=O) groups is 1. The van der Waals surface area contributed by atoms with Crippen LogP contribution in [0.4, 0.5) is 0 Å². The van der Waals surface area contributed by atoms with Gasteiger partial charge >= 0.3 is 5.97 Å². The largest absolute Gasteiger partial charge is 0.466 e. The maximum Gasteiger partial charge on any atom is 0.305 e. The number of esters is 1. The van der Waals surface area contributed by atoms with E-state index in [9.17, 15) is 4.79 Å². The minimum Gasteiger partial charge on any atom is -0.466 e. The molecule has 340 valence electrons. The fourth-order valence-corrected chi connectivity index (χ4v) is 8.56. The van der Waals surface area contributed by atoms with Gasteiger partial charge in [0.05, 0.1) is 6.61 Å². The quantitative estimate of drug-likeness (QED) is 0.0348. The second-order valence-electron chi connectivity index (χ2n) is 19.1. The lowest BCUT2D eigenvalue weighted by Crippen LogP contribution is -2.05. The van der Waals surface area contributed by atoms with Gasteiger partial charge < -0.3 is 4.74 Å². The molecule has 0 unspecified atom stereocenters. The van der Waals surface area contributed by atoms with E-state index >= 15 is 0 Å². The van der Waals surface area contributed by atoms with Crippen LogP contribution in [0.15, 0.2) is 12.2 Å². The molecule has 0 aliphatic heterocycles. The molecule has 0 fully saturated rings. The van der Waals surface area contributed by atoms with Crippen molar-refractivity contribution in [2.75, 3.05) is 6.61 Å². The van der Waals surface area contributed by atoms with Gasteiger partial charge in [-0.3, -0.25) is 4.79 Å². The number of hydrogen-bond acceptors (Lipinski definition) is 2. The fourth-order valence-electron chi connectivity index (χ4n) is 8.56. The molecule has 0 aromatic carbocycles. The highest BCUT2D eigenvalue weighted by atomic mass is 16.5. The molecule has 0 N–H and O–H groups in total. The van der Waals surface area contributed by atoms with Gasteiger partial charge in [-0.05, 0) is 44.4 Å². The Morgan fingerprint density at radius 3 is 0.930 bits per heavy atom. The van der Waals surface area contributed by atoms with E-state index in [1.807, 2.05) is 0 Å². The summed E-state index contributed by atoms with van der Waals surface area (Å²) in [6.45, 7) is 7.60. The van der Waals surface area contributed by atoms with Crippen LogP contribution in [0.25, 0.3) is 0 Å². The Morgan fingerprint density at radius 2 is 0.614 bits per heavy atom. The van der Waals surface area contributed by atoms with Crippen LogP contribution in [0.1, 0.15) is 323 Å². The second-order valence-corrected chi connectivity index (χ2v) is 19.1. The molecule has 0 radical (unpaired) electrons. The number of ether oxygens (including phenoxy) is 1. The van der Waals surface area contributed by atoms with Crippen LogP contribution in [-0.4, -0.2) is 12.6 Å². The molecular weight excluding hydrogens is 693 g/mol. The Labute approximate surface area is 361 Å². The van der Waals surface area contributed by atoms with E-state index in [4.69, 9.17) is 4.74 Å². The highest BCUT2D eigenvalue weighted by Crippen LogP contribution is 2.18. The summed E-state index contributed by atoms with van der Waals surface area (Å²) in [6.07, 6.45) is 69.5. The highest BCUT2D eigenvalue weighted by molar-refractivity contribution is 5.69. The third-order valence-electron chi connectivity index (χ3n) is 12.6. The van der Waals surface area contributed by atoms with Crippen molar-refractivity contribution in [2.45, 2.75) is 323 Å². The average Bonchev–Trinajstić information content (AvgIpc) is 3.20. The van der Waals surface area contributed by atoms with Crippen molar-refractivity contribution >= 4 is 5.97 Å². The molecule has 0 aliphatic carbocycles. The lowest BCUT2D eigenvalue weighted by molar-refractivity contribution is -0.143. The molecule has 0 aromatic rings. The van der Waals surface area contributed by atoms with Crippen molar-refractivity contribution in [3.8, 4) is 0 Å². The summed E-state index contributed by atoms with van der Waals surface area (Å²) < 4.78 is 5.47. The van der Waals surface area contributed by atoms with Gasteiger partial charge in [-0.15, -0.1) is 0 Å². The van der Waals surface area contributed by atoms with E-state index in [1.54, 1.807) is 0 Å². The summed E-state index contributed by atoms with van der Waals surface area (Å²) in [7, 11) is 0. The molecule has 57 heavy (non-hydrogen) atoms. The number of allylic oxidation sites excluding steroid dienone is 2. The molecule has 0 heterocycles. The van der Waals surface area contributed by atoms with Crippen LogP contribution >= 0.6 is 0 Å². The van der Waals surface area contributed by atoms with E-state index in [0.717, 1.165) is 25.2 Å². The minimum absolute atomic E-state index is 0.0206. The van der Waals surface area contributed by atoms with E-state index in [0.29, 0.717) is 13.0 Å². The van der Waals surface area contributed by atoms with Crippen molar-refractivity contribution in [1.29, 1.82) is 0 Å². The smallest absolute Gasteiger partial charge is 0.305 e. The minimum atomic E-state index is 0.0206. The van der Waals surface area contributed by atoms with Crippen molar-refractivity contribution in [3.05, 3.63) is 12.2 Å². The third kappa shape index (κ3) is 53.2. The van der Waals surface area contributed by atoms with Gasteiger partial charge in [0.2, 0.25) is 0 Å². The Morgan fingerprint density at radius 1 is 0.351 bits per heavy atom. The van der Waals surface area contributed by atoms with E-state index in [2.05, 4.69) is 32.9 Å². The lowest BCUT2D eigenvalue weighted by Gasteiger charge is -2.06. The van der Waals surface area contributed by atoms with Gasteiger partial charge in [0.1, 0.15) is 0 Å². The normalized spacial score (nSPS) is 11.8. The maximum atomic E-state index is 12.0. The first-order chi connectivity index (χ1) is 28.2. The first-order valence-corrected chi connectivity index (χ1v) is 27.0. The standard InChI is InChI=1S/C55H108O2/c1-4-5-6-7-8-9-10-33-37-40-43-46-49-52-55(56)57-53-50-47-44-41-38-35-32-30-28-26-24-22-20-18-16-14-12-11-13-15-17-19-21-23-25-27-29-31-34-36-39-42-45-48-51-54(2)3/h9-10,54H,4-8,11-53H2,1-3H3/b10-9-. The molecule has 0 saturated carbocycles. The SMILES string of the molecule is CCCCCC/C=C\CCCCCCCC(=O)OCCCCCCCCCCCCCCCCCCCCCCCCCCCCCCCCCCCCC(C)C. The molecule has 0 aromatic heterocycles. The Bertz CT molecular complexity index is 756. The molecule has 0 spiro atoms. The van der Waals surface area contributed by atoms with Gasteiger partial charge in [-0.25, -0.2) is 0 Å². The van der Waals surface area contributed by atoms with Crippen LogP contribution in [0.3, 0.4) is 0 Å². The number of hydrogen-bond donors (Lipinski definition) is 0. The highest BCUT2D eigenvalue weighted by Gasteiger charge is 2.03. The zero-order valence-electron chi connectivity index (χ0n) is 40.0. The summed E-state index contributed by atoms with van der Waals surface area (Å²) in [5, 5.41) is 0. The molecule has 0 amide bonds. The predicted octanol–water partition coefficient (Wildman–Crippen LogP) is 20.1. The summed E-state index contributed by atoms with van der Waals surface area (Å²) in [5.74, 6) is 0.910. The molecule has 0 atom stereocenters. The molecule has 2 heteroatoms. The van der Waals surface area contributed by atoms with Crippen LogP contribution in [0, 0.1) is 5.92 Å². The van der Waals surface area contributed by atoms with Gasteiger partial charge in [-0.2, -0.15) is 0 Å². The molecule has 0 saturated heterocycles. The summed E-state index contributed by atoms with van der Waals surface area (Å²) >= 11 is 0. The van der Waals surface area contributed by atoms with Crippen LogP contribution in [0.2, 0.25) is 0 Å². The predicted molar refractivity (Wildman–Crippen MR) is 258 cm³/mol. The molecular formula is C55H108O2. The summed E-state index contributed by atoms with van der Waals surface area (Å²) in [5.41, 5.74) is 0. The summed E-state index contributed by atoms with van der Waals surface area (Å²) in [6, 6.07) is 0. The van der Waals surface area contributed by atoms with Gasteiger partial charge in [0.15, 0.2) is 0 Å². The molecule has 0 rings (SSSR count). The average molecular weight is 801 g/mol. The second kappa shape index (κ2) is 51.4. The number of rotatable bonds is 50. The van der Waals surface area contributed by atoms with Crippen LogP contribution < -0.4 is 0 Å². The van der Waals surface area contributed by atoms with Crippen molar-refractivity contribution in [2.24, 2.45) is 5.92 Å². The first kappa shape index (κ1) is 56.2. The fraction of sp³-hybridized carbons (Fsp3) is 0.945. The summed E-state index contributed by atoms with van der Waals surface area (Å²) in [4.78, 5) is 12.0. The third-order valence-corrected chi connectivity index (χ3v) is 12.6.